The second-order valence-corrected chi connectivity index (χ2v) is 3.61. The molecule has 0 aromatic heterocycles. The molecule has 3 rings (SSSR count). The van der Waals surface area contributed by atoms with E-state index in [1.807, 2.05) is 12.2 Å². The van der Waals surface area contributed by atoms with Crippen LogP contribution in [0.2, 0.25) is 0 Å². The van der Waals surface area contributed by atoms with Crippen LogP contribution in [0.3, 0.4) is 0 Å². The summed E-state index contributed by atoms with van der Waals surface area (Å²) in [5, 5.41) is 2.58. The molecule has 2 aromatic carbocycles. The van der Waals surface area contributed by atoms with E-state index in [2.05, 4.69) is 54.3 Å². The molecule has 0 unspecified atom stereocenters. The topological polar surface area (TPSA) is 0 Å². The Hall–Kier alpha value is -2.04. The fourth-order valence-corrected chi connectivity index (χ4v) is 1.96. The first kappa shape index (κ1) is 8.28. The Morgan fingerprint density at radius 1 is 0.867 bits per heavy atom. The fourth-order valence-electron chi connectivity index (χ4n) is 1.96. The molecule has 0 aliphatic heterocycles. The van der Waals surface area contributed by atoms with Gasteiger partial charge in [0, 0.05) is 5.57 Å². The maximum absolute atomic E-state index is 3.25. The van der Waals surface area contributed by atoms with Crippen LogP contribution in [0.4, 0.5) is 0 Å². The van der Waals surface area contributed by atoms with Crippen LogP contribution in [0, 0.1) is 0 Å². The zero-order valence-electron chi connectivity index (χ0n) is 8.27. The normalized spacial score (nSPS) is 13.5. The number of benzene rings is 2. The van der Waals surface area contributed by atoms with Crippen molar-refractivity contribution in [2.24, 2.45) is 0 Å². The van der Waals surface area contributed by atoms with Gasteiger partial charge < -0.3 is 0 Å². The molecule has 1 aliphatic rings. The first-order valence-corrected chi connectivity index (χ1v) is 5.07. The molecule has 0 amide bonds. The van der Waals surface area contributed by atoms with Gasteiger partial charge in [-0.3, -0.25) is 0 Å². The molecule has 0 radical (unpaired) electrons. The van der Waals surface area contributed by atoms with Gasteiger partial charge in [0.05, 0.1) is 0 Å². The summed E-state index contributed by atoms with van der Waals surface area (Å²) in [6.07, 6.45) is 6.08. The average molecular weight is 190 g/mol. The summed E-state index contributed by atoms with van der Waals surface area (Å²) in [4.78, 5) is 0. The molecule has 2 aromatic rings. The van der Waals surface area contributed by atoms with E-state index in [1.54, 1.807) is 0 Å². The Kier molecular flexibility index (Phi) is 1.81. The van der Waals surface area contributed by atoms with Crippen molar-refractivity contribution in [1.82, 2.24) is 0 Å². The van der Waals surface area contributed by atoms with Crippen LogP contribution in [-0.4, -0.2) is 0 Å². The Morgan fingerprint density at radius 3 is 2.60 bits per heavy atom. The molecule has 70 valence electrons. The van der Waals surface area contributed by atoms with Crippen molar-refractivity contribution in [2.45, 2.75) is 0 Å². The highest BCUT2D eigenvalue weighted by atomic mass is 14.1. The highest BCUT2D eigenvalue weighted by molar-refractivity contribution is 5.96. The number of hydrogen-bond acceptors (Lipinski definition) is 0. The minimum atomic E-state index is 1.17. The van der Waals surface area contributed by atoms with Gasteiger partial charge in [-0.15, -0.1) is 5.73 Å². The Morgan fingerprint density at radius 2 is 1.73 bits per heavy atom. The van der Waals surface area contributed by atoms with E-state index < -0.39 is 0 Å². The van der Waals surface area contributed by atoms with Crippen LogP contribution in [0.1, 0.15) is 5.56 Å². The van der Waals surface area contributed by atoms with E-state index in [-0.39, 0.29) is 0 Å². The molecular weight excluding hydrogens is 180 g/mol. The Balaban J connectivity index is 2.36. The van der Waals surface area contributed by atoms with Gasteiger partial charge in [0.1, 0.15) is 0 Å². The molecule has 0 saturated heterocycles. The summed E-state index contributed by atoms with van der Waals surface area (Å²) in [5.74, 6) is 0. The molecular formula is C15H10. The standard InChI is InChI=1S/C15H10/c1-2-7-12(6-1)15-11-5-9-13-8-3-4-10-14(13)15/h1-6,8-11H. The molecule has 15 heavy (non-hydrogen) atoms. The molecule has 0 heterocycles. The summed E-state index contributed by atoms with van der Waals surface area (Å²) in [6.45, 7) is 0. The van der Waals surface area contributed by atoms with Crippen molar-refractivity contribution in [2.75, 3.05) is 0 Å². The maximum Gasteiger partial charge on any atom is 0.0243 e. The van der Waals surface area contributed by atoms with Gasteiger partial charge in [-0.1, -0.05) is 48.5 Å². The Bertz CT molecular complexity index is 603. The quantitative estimate of drug-likeness (QED) is 0.597. The average Bonchev–Trinajstić information content (AvgIpc) is 2.82. The summed E-state index contributed by atoms with van der Waals surface area (Å²) < 4.78 is 0. The highest BCUT2D eigenvalue weighted by Crippen LogP contribution is 2.26. The number of allylic oxidation sites excluding steroid dienone is 3. The molecule has 0 nitrogen and oxygen atoms in total. The summed E-state index contributed by atoms with van der Waals surface area (Å²) in [6, 6.07) is 14.8. The van der Waals surface area contributed by atoms with Crippen LogP contribution in [0.5, 0.6) is 0 Å². The Labute approximate surface area is 88.9 Å². The van der Waals surface area contributed by atoms with Crippen molar-refractivity contribution < 1.29 is 0 Å². The predicted octanol–water partition coefficient (Wildman–Crippen LogP) is 3.95. The van der Waals surface area contributed by atoms with Gasteiger partial charge in [0.15, 0.2) is 0 Å². The van der Waals surface area contributed by atoms with Crippen LogP contribution >= 0.6 is 0 Å². The first-order chi connectivity index (χ1) is 7.45. The van der Waals surface area contributed by atoms with E-state index in [9.17, 15) is 0 Å². The van der Waals surface area contributed by atoms with Crippen molar-refractivity contribution in [1.29, 1.82) is 0 Å². The predicted molar refractivity (Wildman–Crippen MR) is 64.6 cm³/mol. The van der Waals surface area contributed by atoms with E-state index in [4.69, 9.17) is 0 Å². The van der Waals surface area contributed by atoms with Crippen LogP contribution in [-0.2, 0) is 0 Å². The third-order valence-corrected chi connectivity index (χ3v) is 2.68. The van der Waals surface area contributed by atoms with Gasteiger partial charge in [-0.05, 0) is 28.5 Å². The van der Waals surface area contributed by atoms with Crippen molar-refractivity contribution in [3.8, 4) is 0 Å². The number of rotatable bonds is 1. The summed E-state index contributed by atoms with van der Waals surface area (Å²) in [5.41, 5.74) is 5.68. The number of fused-ring (bicyclic) bond motifs is 1. The van der Waals surface area contributed by atoms with Crippen molar-refractivity contribution >= 4 is 16.3 Å². The minimum absolute atomic E-state index is 1.17. The zero-order valence-corrected chi connectivity index (χ0v) is 8.27. The molecule has 1 aliphatic carbocycles. The third kappa shape index (κ3) is 1.32. The van der Waals surface area contributed by atoms with Gasteiger partial charge in [-0.25, -0.2) is 0 Å². The minimum Gasteiger partial charge on any atom is -0.112 e. The lowest BCUT2D eigenvalue weighted by Crippen LogP contribution is -1.81. The van der Waals surface area contributed by atoms with Crippen LogP contribution in [0.15, 0.2) is 66.4 Å². The van der Waals surface area contributed by atoms with Gasteiger partial charge in [0.2, 0.25) is 0 Å². The molecule has 0 N–H and O–H groups in total. The monoisotopic (exact) mass is 190 g/mol. The summed E-state index contributed by atoms with van der Waals surface area (Å²) >= 11 is 0. The molecule has 0 saturated carbocycles. The van der Waals surface area contributed by atoms with Crippen LogP contribution < -0.4 is 0 Å². The van der Waals surface area contributed by atoms with E-state index >= 15 is 0 Å². The van der Waals surface area contributed by atoms with Gasteiger partial charge in [-0.2, -0.15) is 0 Å². The maximum atomic E-state index is 3.25. The fraction of sp³-hybridized carbons (Fsp3) is 0. The second-order valence-electron chi connectivity index (χ2n) is 3.61. The first-order valence-electron chi connectivity index (χ1n) is 5.07. The zero-order chi connectivity index (χ0) is 10.1. The highest BCUT2D eigenvalue weighted by Gasteiger charge is 2.03. The van der Waals surface area contributed by atoms with Crippen molar-refractivity contribution in [3.05, 3.63) is 72.0 Å². The lowest BCUT2D eigenvalue weighted by molar-refractivity contribution is 1.69. The molecule has 0 fully saturated rings. The van der Waals surface area contributed by atoms with Gasteiger partial charge >= 0.3 is 0 Å². The molecule has 0 heteroatoms. The largest absolute Gasteiger partial charge is 0.112 e. The molecule has 0 spiro atoms. The lowest BCUT2D eigenvalue weighted by atomic mass is 9.99. The lowest BCUT2D eigenvalue weighted by Gasteiger charge is -2.04. The van der Waals surface area contributed by atoms with Crippen LogP contribution in [0.25, 0.3) is 16.3 Å². The van der Waals surface area contributed by atoms with E-state index in [0.717, 1.165) is 0 Å². The third-order valence-electron chi connectivity index (χ3n) is 2.68. The van der Waals surface area contributed by atoms with Crippen molar-refractivity contribution in [3.63, 3.8) is 0 Å². The molecule has 0 atom stereocenters. The van der Waals surface area contributed by atoms with E-state index in [0.29, 0.717) is 0 Å². The second kappa shape index (κ2) is 3.27. The van der Waals surface area contributed by atoms with E-state index in [1.165, 1.54) is 21.9 Å². The molecule has 0 bridgehead atoms. The smallest absolute Gasteiger partial charge is 0.0243 e. The van der Waals surface area contributed by atoms with Gasteiger partial charge in [0.25, 0.3) is 0 Å². The SMILES string of the molecule is C1=CC=CC=1c1cccc2ccccc12. The number of hydrogen-bond donors (Lipinski definition) is 0. The summed E-state index contributed by atoms with van der Waals surface area (Å²) in [7, 11) is 0.